The molecule has 0 spiro atoms. The number of carbonyl (C=O) groups is 2. The summed E-state index contributed by atoms with van der Waals surface area (Å²) >= 11 is 0. The molecule has 0 radical (unpaired) electrons. The molecule has 0 heterocycles. The maximum absolute atomic E-state index is 12.5. The van der Waals surface area contributed by atoms with E-state index in [4.69, 9.17) is 0 Å². The van der Waals surface area contributed by atoms with Gasteiger partial charge in [-0.1, -0.05) is 111 Å². The fourth-order valence-electron chi connectivity index (χ4n) is 5.85. The number of unbranched alkanes of at least 4 members (excludes halogenated alkanes) is 8. The van der Waals surface area contributed by atoms with Crippen molar-refractivity contribution >= 4 is 11.9 Å². The third-order valence-electron chi connectivity index (χ3n) is 7.91. The Labute approximate surface area is 185 Å². The van der Waals surface area contributed by atoms with Gasteiger partial charge in [-0.25, -0.2) is 0 Å². The molecule has 3 unspecified atom stereocenters. The fraction of sp³-hybridized carbons (Fsp3) is 0.923. The predicted octanol–water partition coefficient (Wildman–Crippen LogP) is 7.70. The van der Waals surface area contributed by atoms with Crippen molar-refractivity contribution < 1.29 is 19.8 Å². The first-order valence-electron chi connectivity index (χ1n) is 12.7. The Kier molecular flexibility index (Phi) is 12.0. The molecule has 1 saturated carbocycles. The van der Waals surface area contributed by atoms with Gasteiger partial charge in [-0.05, 0) is 31.1 Å². The SMILES string of the molecule is CCC(C)C1(C(=O)O)CCCCC1(CCCCCCCCCCCC(C)C)C(=O)O. The highest BCUT2D eigenvalue weighted by Crippen LogP contribution is 2.58. The second kappa shape index (κ2) is 13.4. The van der Waals surface area contributed by atoms with Crippen molar-refractivity contribution in [2.75, 3.05) is 0 Å². The largest absolute Gasteiger partial charge is 0.481 e. The van der Waals surface area contributed by atoms with Gasteiger partial charge in [0.1, 0.15) is 0 Å². The minimum atomic E-state index is -1.12. The van der Waals surface area contributed by atoms with Crippen LogP contribution in [0.1, 0.15) is 130 Å². The first-order valence-corrected chi connectivity index (χ1v) is 12.7. The van der Waals surface area contributed by atoms with Crippen molar-refractivity contribution in [1.82, 2.24) is 0 Å². The molecule has 0 saturated heterocycles. The summed E-state index contributed by atoms with van der Waals surface area (Å²) in [6, 6.07) is 0. The molecule has 30 heavy (non-hydrogen) atoms. The molecule has 1 aliphatic rings. The smallest absolute Gasteiger partial charge is 0.311 e. The van der Waals surface area contributed by atoms with Gasteiger partial charge in [-0.2, -0.15) is 0 Å². The Balaban J connectivity index is 2.51. The number of rotatable bonds is 16. The number of hydrogen-bond acceptors (Lipinski definition) is 2. The molecule has 0 aromatic carbocycles. The van der Waals surface area contributed by atoms with E-state index in [1.165, 1.54) is 44.9 Å². The Morgan fingerprint density at radius 2 is 1.27 bits per heavy atom. The van der Waals surface area contributed by atoms with Crippen molar-refractivity contribution in [3.63, 3.8) is 0 Å². The number of aliphatic carboxylic acids is 2. The van der Waals surface area contributed by atoms with Gasteiger partial charge < -0.3 is 10.2 Å². The van der Waals surface area contributed by atoms with Gasteiger partial charge in [0.2, 0.25) is 0 Å². The Bertz CT molecular complexity index is 515. The van der Waals surface area contributed by atoms with Crippen LogP contribution in [0.2, 0.25) is 0 Å². The summed E-state index contributed by atoms with van der Waals surface area (Å²) in [5, 5.41) is 20.4. The zero-order valence-electron chi connectivity index (χ0n) is 20.2. The summed E-state index contributed by atoms with van der Waals surface area (Å²) in [5.41, 5.74) is -2.23. The van der Waals surface area contributed by atoms with E-state index in [1.807, 2.05) is 13.8 Å². The van der Waals surface area contributed by atoms with E-state index in [9.17, 15) is 19.8 Å². The highest BCUT2D eigenvalue weighted by molar-refractivity contribution is 5.87. The lowest BCUT2D eigenvalue weighted by molar-refractivity contribution is -0.188. The van der Waals surface area contributed by atoms with Crippen LogP contribution < -0.4 is 0 Å². The second-order valence-electron chi connectivity index (χ2n) is 10.3. The minimum Gasteiger partial charge on any atom is -0.481 e. The molecule has 1 fully saturated rings. The van der Waals surface area contributed by atoms with Crippen molar-refractivity contribution in [2.45, 2.75) is 130 Å². The topological polar surface area (TPSA) is 74.6 Å². The molecular formula is C26H48O4. The summed E-state index contributed by atoms with van der Waals surface area (Å²) in [6.07, 6.45) is 16.0. The summed E-state index contributed by atoms with van der Waals surface area (Å²) in [6.45, 7) is 8.49. The molecule has 3 atom stereocenters. The zero-order valence-corrected chi connectivity index (χ0v) is 20.2. The molecule has 4 heteroatoms. The standard InChI is InChI=1S/C26H48O4/c1-5-22(4)26(24(29)30)20-16-15-19-25(26,23(27)28)18-14-12-10-8-6-7-9-11-13-17-21(2)3/h21-22H,5-20H2,1-4H3,(H,27,28)(H,29,30). The first-order chi connectivity index (χ1) is 14.2. The number of hydrogen-bond donors (Lipinski definition) is 2. The Morgan fingerprint density at radius 3 is 1.73 bits per heavy atom. The maximum atomic E-state index is 12.5. The molecule has 2 N–H and O–H groups in total. The fourth-order valence-corrected chi connectivity index (χ4v) is 5.85. The monoisotopic (exact) mass is 424 g/mol. The summed E-state index contributed by atoms with van der Waals surface area (Å²) in [7, 11) is 0. The van der Waals surface area contributed by atoms with Crippen LogP contribution in [0.5, 0.6) is 0 Å². The lowest BCUT2D eigenvalue weighted by Crippen LogP contribution is -2.57. The van der Waals surface area contributed by atoms with E-state index in [1.54, 1.807) is 0 Å². The van der Waals surface area contributed by atoms with Crippen molar-refractivity contribution in [3.05, 3.63) is 0 Å². The lowest BCUT2D eigenvalue weighted by atomic mass is 9.49. The van der Waals surface area contributed by atoms with Crippen LogP contribution in [-0.2, 0) is 9.59 Å². The molecular weight excluding hydrogens is 376 g/mol. The van der Waals surface area contributed by atoms with Gasteiger partial charge in [0.05, 0.1) is 10.8 Å². The van der Waals surface area contributed by atoms with E-state index in [-0.39, 0.29) is 5.92 Å². The van der Waals surface area contributed by atoms with Crippen molar-refractivity contribution in [1.29, 1.82) is 0 Å². The maximum Gasteiger partial charge on any atom is 0.311 e. The highest BCUT2D eigenvalue weighted by atomic mass is 16.4. The Hall–Kier alpha value is -1.06. The van der Waals surface area contributed by atoms with E-state index in [2.05, 4.69) is 13.8 Å². The van der Waals surface area contributed by atoms with Crippen LogP contribution in [0, 0.1) is 22.7 Å². The van der Waals surface area contributed by atoms with Crippen LogP contribution in [0.15, 0.2) is 0 Å². The molecule has 0 aromatic rings. The molecule has 1 aliphatic carbocycles. The molecule has 176 valence electrons. The van der Waals surface area contributed by atoms with Gasteiger partial charge in [-0.15, -0.1) is 0 Å². The predicted molar refractivity (Wildman–Crippen MR) is 124 cm³/mol. The molecule has 0 bridgehead atoms. The second-order valence-corrected chi connectivity index (χ2v) is 10.3. The van der Waals surface area contributed by atoms with Gasteiger partial charge in [0, 0.05) is 0 Å². The summed E-state index contributed by atoms with van der Waals surface area (Å²) in [4.78, 5) is 24.9. The van der Waals surface area contributed by atoms with Crippen LogP contribution in [-0.4, -0.2) is 22.2 Å². The van der Waals surface area contributed by atoms with E-state index < -0.39 is 22.8 Å². The third-order valence-corrected chi connectivity index (χ3v) is 7.91. The Morgan fingerprint density at radius 1 is 0.767 bits per heavy atom. The van der Waals surface area contributed by atoms with Crippen molar-refractivity contribution in [3.8, 4) is 0 Å². The van der Waals surface area contributed by atoms with Gasteiger partial charge in [-0.3, -0.25) is 9.59 Å². The molecule has 0 aliphatic heterocycles. The average molecular weight is 425 g/mol. The van der Waals surface area contributed by atoms with Crippen LogP contribution >= 0.6 is 0 Å². The zero-order chi connectivity index (χ0) is 22.6. The number of carboxylic acids is 2. The van der Waals surface area contributed by atoms with Crippen LogP contribution in [0.25, 0.3) is 0 Å². The highest BCUT2D eigenvalue weighted by Gasteiger charge is 2.63. The molecule has 0 aromatic heterocycles. The van der Waals surface area contributed by atoms with Gasteiger partial charge in [0.25, 0.3) is 0 Å². The van der Waals surface area contributed by atoms with Crippen molar-refractivity contribution in [2.24, 2.45) is 22.7 Å². The quantitative estimate of drug-likeness (QED) is 0.249. The number of carboxylic acid groups (broad SMARTS) is 2. The lowest BCUT2D eigenvalue weighted by Gasteiger charge is -2.51. The summed E-state index contributed by atoms with van der Waals surface area (Å²) < 4.78 is 0. The molecule has 0 amide bonds. The van der Waals surface area contributed by atoms with E-state index in [0.29, 0.717) is 25.7 Å². The van der Waals surface area contributed by atoms with Gasteiger partial charge in [0.15, 0.2) is 0 Å². The van der Waals surface area contributed by atoms with E-state index in [0.717, 1.165) is 38.0 Å². The van der Waals surface area contributed by atoms with Crippen LogP contribution in [0.3, 0.4) is 0 Å². The average Bonchev–Trinajstić information content (AvgIpc) is 2.70. The minimum absolute atomic E-state index is 0.123. The van der Waals surface area contributed by atoms with E-state index >= 15 is 0 Å². The van der Waals surface area contributed by atoms with Crippen LogP contribution in [0.4, 0.5) is 0 Å². The third kappa shape index (κ3) is 6.72. The molecule has 4 nitrogen and oxygen atoms in total. The molecule has 1 rings (SSSR count). The van der Waals surface area contributed by atoms with Gasteiger partial charge >= 0.3 is 11.9 Å². The first kappa shape index (κ1) is 27.0. The summed E-state index contributed by atoms with van der Waals surface area (Å²) in [5.74, 6) is -1.09. The normalized spacial score (nSPS) is 25.4.